The molecular formula is C13H24N2O3. The molecule has 0 heterocycles. The first-order valence-corrected chi connectivity index (χ1v) is 6.63. The van der Waals surface area contributed by atoms with Crippen molar-refractivity contribution in [3.8, 4) is 0 Å². The van der Waals surface area contributed by atoms with Crippen LogP contribution in [0.25, 0.3) is 0 Å². The van der Waals surface area contributed by atoms with Gasteiger partial charge in [0.05, 0.1) is 0 Å². The molecule has 3 N–H and O–H groups in total. The molecule has 4 atom stereocenters. The molecule has 5 heteroatoms. The Kier molecular flexibility index (Phi) is 5.59. The Morgan fingerprint density at radius 3 is 2.50 bits per heavy atom. The number of rotatable bonds is 7. The fourth-order valence-corrected chi connectivity index (χ4v) is 1.74. The average Bonchev–Trinajstić information content (AvgIpc) is 3.05. The second kappa shape index (κ2) is 6.73. The van der Waals surface area contributed by atoms with Crippen LogP contribution in [0.3, 0.4) is 0 Å². The summed E-state index contributed by atoms with van der Waals surface area (Å²) in [5, 5.41) is 14.5. The lowest BCUT2D eigenvalue weighted by Gasteiger charge is -2.19. The lowest BCUT2D eigenvalue weighted by molar-refractivity contribution is -0.123. The number of carbonyl (C=O) groups excluding carboxylic acids is 2. The minimum Gasteiger partial charge on any atom is -0.396 e. The van der Waals surface area contributed by atoms with E-state index < -0.39 is 0 Å². The lowest BCUT2D eigenvalue weighted by Crippen LogP contribution is -2.40. The zero-order valence-electron chi connectivity index (χ0n) is 11.4. The molecule has 4 unspecified atom stereocenters. The van der Waals surface area contributed by atoms with Crippen molar-refractivity contribution in [2.24, 2.45) is 17.8 Å². The van der Waals surface area contributed by atoms with E-state index in [1.165, 1.54) is 0 Å². The third-order valence-electron chi connectivity index (χ3n) is 3.63. The highest BCUT2D eigenvalue weighted by atomic mass is 16.3. The second-order valence-electron chi connectivity index (χ2n) is 5.38. The summed E-state index contributed by atoms with van der Waals surface area (Å²) < 4.78 is 0. The van der Waals surface area contributed by atoms with Crippen molar-refractivity contribution in [1.29, 1.82) is 0 Å². The molecule has 104 valence electrons. The summed E-state index contributed by atoms with van der Waals surface area (Å²) >= 11 is 0. The van der Waals surface area contributed by atoms with Crippen LogP contribution in [-0.2, 0) is 9.59 Å². The lowest BCUT2D eigenvalue weighted by atomic mass is 10.1. The summed E-state index contributed by atoms with van der Waals surface area (Å²) in [6, 6.07) is -0.0540. The van der Waals surface area contributed by atoms with E-state index in [1.54, 1.807) is 0 Å². The van der Waals surface area contributed by atoms with Gasteiger partial charge in [-0.3, -0.25) is 9.59 Å². The van der Waals surface area contributed by atoms with Crippen LogP contribution in [0.2, 0.25) is 0 Å². The number of carbonyl (C=O) groups is 2. The molecule has 0 bridgehead atoms. The van der Waals surface area contributed by atoms with Crippen LogP contribution in [0, 0.1) is 17.8 Å². The van der Waals surface area contributed by atoms with Gasteiger partial charge < -0.3 is 15.7 Å². The van der Waals surface area contributed by atoms with Crippen molar-refractivity contribution in [2.45, 2.75) is 39.7 Å². The molecule has 1 rings (SSSR count). The summed E-state index contributed by atoms with van der Waals surface area (Å²) in [5.74, 6) is 0.653. The number of aliphatic hydroxyl groups excluding tert-OH is 1. The second-order valence-corrected chi connectivity index (χ2v) is 5.38. The summed E-state index contributed by atoms with van der Waals surface area (Å²) in [6.45, 7) is 6.23. The minimum atomic E-state index is -0.0908. The molecule has 0 aliphatic heterocycles. The first kappa shape index (κ1) is 15.0. The Morgan fingerprint density at radius 2 is 2.00 bits per heavy atom. The van der Waals surface area contributed by atoms with Crippen molar-refractivity contribution in [1.82, 2.24) is 10.6 Å². The van der Waals surface area contributed by atoms with Crippen molar-refractivity contribution in [2.75, 3.05) is 13.2 Å². The van der Waals surface area contributed by atoms with Crippen LogP contribution in [0.15, 0.2) is 0 Å². The molecule has 1 aliphatic rings. The number of nitrogens with one attached hydrogen (secondary N) is 2. The van der Waals surface area contributed by atoms with Gasteiger partial charge in [0, 0.05) is 31.5 Å². The predicted octanol–water partition coefficient (Wildman–Crippen LogP) is 0.282. The first-order valence-electron chi connectivity index (χ1n) is 6.63. The zero-order chi connectivity index (χ0) is 13.7. The van der Waals surface area contributed by atoms with E-state index in [0.717, 1.165) is 6.42 Å². The highest BCUT2D eigenvalue weighted by molar-refractivity contribution is 5.82. The molecule has 0 aromatic rings. The fourth-order valence-electron chi connectivity index (χ4n) is 1.74. The molecule has 1 aliphatic carbocycles. The van der Waals surface area contributed by atoms with Crippen molar-refractivity contribution < 1.29 is 14.7 Å². The van der Waals surface area contributed by atoms with Crippen molar-refractivity contribution in [3.63, 3.8) is 0 Å². The summed E-state index contributed by atoms with van der Waals surface area (Å²) in [5.41, 5.74) is 0. The van der Waals surface area contributed by atoms with E-state index in [0.29, 0.717) is 12.5 Å². The SMILES string of the molecule is CC(CO)C(C)NC(=O)CCNC(=O)C1CC1C. The highest BCUT2D eigenvalue weighted by Gasteiger charge is 2.38. The van der Waals surface area contributed by atoms with Gasteiger partial charge >= 0.3 is 0 Å². The van der Waals surface area contributed by atoms with E-state index in [2.05, 4.69) is 17.6 Å². The molecule has 0 aromatic carbocycles. The molecule has 0 radical (unpaired) electrons. The van der Waals surface area contributed by atoms with E-state index in [1.807, 2.05) is 13.8 Å². The normalized spacial score (nSPS) is 25.1. The van der Waals surface area contributed by atoms with Gasteiger partial charge in [0.2, 0.25) is 11.8 Å². The van der Waals surface area contributed by atoms with Gasteiger partial charge in [0.15, 0.2) is 0 Å². The Hall–Kier alpha value is -1.10. The molecule has 2 amide bonds. The van der Waals surface area contributed by atoms with Crippen molar-refractivity contribution in [3.05, 3.63) is 0 Å². The van der Waals surface area contributed by atoms with Crippen LogP contribution >= 0.6 is 0 Å². The van der Waals surface area contributed by atoms with Crippen LogP contribution in [0.5, 0.6) is 0 Å². The first-order chi connectivity index (χ1) is 8.45. The standard InChI is InChI=1S/C13H24N2O3/c1-8-6-11(8)13(18)14-5-4-12(17)15-10(3)9(2)7-16/h8-11,16H,4-7H2,1-3H3,(H,14,18)(H,15,17). The van der Waals surface area contributed by atoms with Crippen molar-refractivity contribution >= 4 is 11.8 Å². The third kappa shape index (κ3) is 4.64. The Morgan fingerprint density at radius 1 is 1.39 bits per heavy atom. The van der Waals surface area contributed by atoms with Gasteiger partial charge in [-0.2, -0.15) is 0 Å². The Bertz CT molecular complexity index is 307. The minimum absolute atomic E-state index is 0.0378. The molecule has 0 spiro atoms. The number of aliphatic hydroxyl groups is 1. The molecule has 0 aromatic heterocycles. The maximum absolute atomic E-state index is 11.6. The molecule has 18 heavy (non-hydrogen) atoms. The largest absolute Gasteiger partial charge is 0.396 e. The molecule has 1 fully saturated rings. The van der Waals surface area contributed by atoms with Crippen LogP contribution in [-0.4, -0.2) is 36.1 Å². The summed E-state index contributed by atoms with van der Waals surface area (Å²) in [7, 11) is 0. The van der Waals surface area contributed by atoms with E-state index in [9.17, 15) is 9.59 Å². The van der Waals surface area contributed by atoms with E-state index in [4.69, 9.17) is 5.11 Å². The smallest absolute Gasteiger partial charge is 0.223 e. The average molecular weight is 256 g/mol. The van der Waals surface area contributed by atoms with Crippen LogP contribution in [0.4, 0.5) is 0 Å². The van der Waals surface area contributed by atoms with Gasteiger partial charge in [0.25, 0.3) is 0 Å². The maximum Gasteiger partial charge on any atom is 0.223 e. The molecule has 0 saturated heterocycles. The number of hydrogen-bond acceptors (Lipinski definition) is 3. The Balaban J connectivity index is 2.11. The predicted molar refractivity (Wildman–Crippen MR) is 68.8 cm³/mol. The molecular weight excluding hydrogens is 232 g/mol. The Labute approximate surface area is 108 Å². The monoisotopic (exact) mass is 256 g/mol. The van der Waals surface area contributed by atoms with Gasteiger partial charge in [-0.25, -0.2) is 0 Å². The van der Waals surface area contributed by atoms with Gasteiger partial charge in [-0.1, -0.05) is 13.8 Å². The number of amides is 2. The third-order valence-corrected chi connectivity index (χ3v) is 3.63. The maximum atomic E-state index is 11.6. The van der Waals surface area contributed by atoms with Gasteiger partial charge in [0.1, 0.15) is 0 Å². The molecule has 1 saturated carbocycles. The molecule has 5 nitrogen and oxygen atoms in total. The van der Waals surface area contributed by atoms with Crippen LogP contribution in [0.1, 0.15) is 33.6 Å². The quantitative estimate of drug-likeness (QED) is 0.612. The zero-order valence-corrected chi connectivity index (χ0v) is 11.4. The topological polar surface area (TPSA) is 78.4 Å². The summed E-state index contributed by atoms with van der Waals surface area (Å²) in [4.78, 5) is 23.1. The van der Waals surface area contributed by atoms with E-state index in [-0.39, 0.29) is 42.7 Å². The van der Waals surface area contributed by atoms with Gasteiger partial charge in [-0.05, 0) is 25.2 Å². The number of hydrogen-bond donors (Lipinski definition) is 3. The highest BCUT2D eigenvalue weighted by Crippen LogP contribution is 2.37. The van der Waals surface area contributed by atoms with E-state index >= 15 is 0 Å². The van der Waals surface area contributed by atoms with Gasteiger partial charge in [-0.15, -0.1) is 0 Å². The fraction of sp³-hybridized carbons (Fsp3) is 0.846. The summed E-state index contributed by atoms with van der Waals surface area (Å²) in [6.07, 6.45) is 1.25. The van der Waals surface area contributed by atoms with Crippen LogP contribution < -0.4 is 10.6 Å².